The van der Waals surface area contributed by atoms with Crippen LogP contribution in [0.25, 0.3) is 0 Å². The van der Waals surface area contributed by atoms with Gasteiger partial charge in [0.1, 0.15) is 23.8 Å². The number of nitrogens with one attached hydrogen (secondary N) is 3. The molecule has 3 rings (SSSR count). The van der Waals surface area contributed by atoms with Gasteiger partial charge in [-0.2, -0.15) is 0 Å². The van der Waals surface area contributed by atoms with Gasteiger partial charge in [-0.3, -0.25) is 0 Å². The lowest BCUT2D eigenvalue weighted by Gasteiger charge is -2.09. The summed E-state index contributed by atoms with van der Waals surface area (Å²) in [5, 5.41) is 6.63. The van der Waals surface area contributed by atoms with Gasteiger partial charge in [0.2, 0.25) is 10.0 Å². The second-order valence-electron chi connectivity index (χ2n) is 5.14. The molecule has 0 spiro atoms. The Labute approximate surface area is 155 Å². The fourth-order valence-electron chi connectivity index (χ4n) is 2.08. The first-order chi connectivity index (χ1) is 12.5. The van der Waals surface area contributed by atoms with Crippen molar-refractivity contribution in [3.05, 3.63) is 60.0 Å². The van der Waals surface area contributed by atoms with E-state index >= 15 is 0 Å². The number of hydrogen-bond acceptors (Lipinski definition) is 7. The van der Waals surface area contributed by atoms with Gasteiger partial charge in [0.05, 0.1) is 9.92 Å². The first-order valence-electron chi connectivity index (χ1n) is 7.47. The van der Waals surface area contributed by atoms with Crippen LogP contribution in [0.3, 0.4) is 0 Å². The van der Waals surface area contributed by atoms with Crippen molar-refractivity contribution < 1.29 is 8.42 Å². The minimum absolute atomic E-state index is 0.155. The van der Waals surface area contributed by atoms with Crippen LogP contribution in [0.2, 0.25) is 5.02 Å². The maximum Gasteiger partial charge on any atom is 0.240 e. The summed E-state index contributed by atoms with van der Waals surface area (Å²) in [6.07, 6.45) is 2.91. The third-order valence-corrected chi connectivity index (χ3v) is 4.97. The number of hydrogen-bond donors (Lipinski definition) is 3. The van der Waals surface area contributed by atoms with Crippen molar-refractivity contribution in [3.63, 3.8) is 0 Å². The molecule has 0 amide bonds. The van der Waals surface area contributed by atoms with Gasteiger partial charge in [-0.25, -0.2) is 28.1 Å². The molecular formula is C16H15ClN6O2S. The molecule has 0 bridgehead atoms. The van der Waals surface area contributed by atoms with Crippen LogP contribution < -0.4 is 15.4 Å². The van der Waals surface area contributed by atoms with Crippen LogP contribution in [0, 0.1) is 0 Å². The predicted octanol–water partition coefficient (Wildman–Crippen LogP) is 2.92. The average Bonchev–Trinajstić information content (AvgIpc) is 2.64. The zero-order valence-electron chi connectivity index (χ0n) is 13.6. The van der Waals surface area contributed by atoms with E-state index in [9.17, 15) is 8.42 Å². The Morgan fingerprint density at radius 2 is 1.69 bits per heavy atom. The lowest BCUT2D eigenvalue weighted by atomic mass is 10.3. The molecule has 0 fully saturated rings. The van der Waals surface area contributed by atoms with Gasteiger partial charge < -0.3 is 10.6 Å². The molecule has 0 saturated heterocycles. The third-order valence-electron chi connectivity index (χ3n) is 3.34. The maximum absolute atomic E-state index is 11.9. The van der Waals surface area contributed by atoms with Crippen molar-refractivity contribution in [1.29, 1.82) is 0 Å². The molecule has 2 aromatic heterocycles. The van der Waals surface area contributed by atoms with Gasteiger partial charge in [-0.15, -0.1) is 0 Å². The SMILES string of the molecule is CNS(=O)(=O)c1cccc(Nc2cc(Nc3ccc(Cl)cn3)ncn2)c1. The van der Waals surface area contributed by atoms with Gasteiger partial charge in [-0.1, -0.05) is 17.7 Å². The Morgan fingerprint density at radius 1 is 0.923 bits per heavy atom. The van der Waals surface area contributed by atoms with Crippen LogP contribution in [0.15, 0.2) is 59.9 Å². The van der Waals surface area contributed by atoms with Gasteiger partial charge in [0.25, 0.3) is 0 Å². The van der Waals surface area contributed by atoms with E-state index in [0.717, 1.165) is 0 Å². The second kappa shape index (κ2) is 7.65. The summed E-state index contributed by atoms with van der Waals surface area (Å²) in [4.78, 5) is 12.6. The van der Waals surface area contributed by atoms with E-state index in [1.165, 1.54) is 31.7 Å². The lowest BCUT2D eigenvalue weighted by Crippen LogP contribution is -2.18. The van der Waals surface area contributed by atoms with Crippen LogP contribution in [-0.2, 0) is 10.0 Å². The number of sulfonamides is 1. The van der Waals surface area contributed by atoms with Gasteiger partial charge in [-0.05, 0) is 37.4 Å². The quantitative estimate of drug-likeness (QED) is 0.593. The van der Waals surface area contributed by atoms with Gasteiger partial charge in [0, 0.05) is 18.0 Å². The molecule has 0 atom stereocenters. The topological polar surface area (TPSA) is 109 Å². The molecule has 10 heteroatoms. The highest BCUT2D eigenvalue weighted by molar-refractivity contribution is 7.89. The second-order valence-corrected chi connectivity index (χ2v) is 7.46. The van der Waals surface area contributed by atoms with Gasteiger partial charge in [0.15, 0.2) is 0 Å². The third kappa shape index (κ3) is 4.45. The van der Waals surface area contributed by atoms with Crippen LogP contribution in [-0.4, -0.2) is 30.4 Å². The van der Waals surface area contributed by atoms with E-state index in [0.29, 0.717) is 28.2 Å². The van der Waals surface area contributed by atoms with Crippen molar-refractivity contribution >= 4 is 44.8 Å². The van der Waals surface area contributed by atoms with E-state index in [1.54, 1.807) is 30.3 Å². The molecule has 0 aliphatic rings. The first kappa shape index (κ1) is 18.1. The highest BCUT2D eigenvalue weighted by atomic mass is 35.5. The van der Waals surface area contributed by atoms with E-state index in [-0.39, 0.29) is 4.90 Å². The zero-order chi connectivity index (χ0) is 18.6. The number of aromatic nitrogens is 3. The Balaban J connectivity index is 1.79. The predicted molar refractivity (Wildman–Crippen MR) is 101 cm³/mol. The Bertz CT molecular complexity index is 1010. The van der Waals surface area contributed by atoms with Crippen molar-refractivity contribution in [2.45, 2.75) is 4.90 Å². The number of nitrogens with zero attached hydrogens (tertiary/aromatic N) is 3. The van der Waals surface area contributed by atoms with E-state index in [4.69, 9.17) is 11.6 Å². The molecule has 0 radical (unpaired) electrons. The summed E-state index contributed by atoms with van der Waals surface area (Å²) >= 11 is 5.81. The van der Waals surface area contributed by atoms with Crippen LogP contribution >= 0.6 is 11.6 Å². The summed E-state index contributed by atoms with van der Waals surface area (Å²) in [6, 6.07) is 11.5. The molecule has 2 heterocycles. The molecule has 26 heavy (non-hydrogen) atoms. The van der Waals surface area contributed by atoms with E-state index in [1.807, 2.05) is 0 Å². The molecule has 1 aromatic carbocycles. The molecule has 0 saturated carbocycles. The molecule has 0 aliphatic heterocycles. The van der Waals surface area contributed by atoms with Crippen molar-refractivity contribution in [1.82, 2.24) is 19.7 Å². The number of anilines is 4. The van der Waals surface area contributed by atoms with Crippen LogP contribution in [0.5, 0.6) is 0 Å². The zero-order valence-corrected chi connectivity index (χ0v) is 15.2. The van der Waals surface area contributed by atoms with E-state index < -0.39 is 10.0 Å². The Morgan fingerprint density at radius 3 is 2.38 bits per heavy atom. The van der Waals surface area contributed by atoms with Gasteiger partial charge >= 0.3 is 0 Å². The lowest BCUT2D eigenvalue weighted by molar-refractivity contribution is 0.588. The van der Waals surface area contributed by atoms with Crippen molar-refractivity contribution in [2.24, 2.45) is 0 Å². The number of rotatable bonds is 6. The number of pyridine rings is 1. The molecule has 3 N–H and O–H groups in total. The standard InChI is InChI=1S/C16H15ClN6O2S/c1-18-26(24,25)13-4-2-3-12(7-13)22-15-8-16(21-10-20-15)23-14-6-5-11(17)9-19-14/h2-10,18H,1H3,(H2,19,20,21,22,23). The summed E-state index contributed by atoms with van der Waals surface area (Å²) in [6.45, 7) is 0. The Kier molecular flexibility index (Phi) is 5.31. The first-order valence-corrected chi connectivity index (χ1v) is 9.34. The molecule has 0 unspecified atom stereocenters. The van der Waals surface area contributed by atoms with Crippen molar-refractivity contribution in [2.75, 3.05) is 17.7 Å². The minimum atomic E-state index is -3.52. The largest absolute Gasteiger partial charge is 0.340 e. The summed E-state index contributed by atoms with van der Waals surface area (Å²) in [7, 11) is -2.16. The molecular weight excluding hydrogens is 376 g/mol. The fourth-order valence-corrected chi connectivity index (χ4v) is 2.97. The number of benzene rings is 1. The maximum atomic E-state index is 11.9. The van der Waals surface area contributed by atoms with E-state index in [2.05, 4.69) is 30.3 Å². The number of halogens is 1. The highest BCUT2D eigenvalue weighted by Crippen LogP contribution is 2.21. The summed E-state index contributed by atoms with van der Waals surface area (Å²) in [5.74, 6) is 1.60. The molecule has 8 nitrogen and oxygen atoms in total. The normalized spacial score (nSPS) is 11.2. The fraction of sp³-hybridized carbons (Fsp3) is 0.0625. The average molecular weight is 391 g/mol. The van der Waals surface area contributed by atoms with Crippen LogP contribution in [0.4, 0.5) is 23.1 Å². The Hall–Kier alpha value is -2.75. The van der Waals surface area contributed by atoms with Crippen LogP contribution in [0.1, 0.15) is 0 Å². The molecule has 134 valence electrons. The molecule has 0 aliphatic carbocycles. The monoisotopic (exact) mass is 390 g/mol. The summed E-state index contributed by atoms with van der Waals surface area (Å²) < 4.78 is 26.1. The smallest absolute Gasteiger partial charge is 0.240 e. The van der Waals surface area contributed by atoms with Crippen molar-refractivity contribution in [3.8, 4) is 0 Å². The molecule has 3 aromatic rings. The summed E-state index contributed by atoms with van der Waals surface area (Å²) in [5.41, 5.74) is 0.579. The highest BCUT2D eigenvalue weighted by Gasteiger charge is 2.11. The minimum Gasteiger partial charge on any atom is -0.340 e.